The topological polar surface area (TPSA) is 9.86 Å². The summed E-state index contributed by atoms with van der Waals surface area (Å²) < 4.78 is 6.28. The standard InChI is InChI=1S/C42H28N2S/c1-3-12-28(13-4-1)43-35-20-9-7-17-32(35)40-36(43)23-24-37-41(40)33-19-11-18-30(42(33)44(37)29-14-5-2-6-15-29)27-22-25-39-34(26-27)31-16-8-10-21-38(31)45-39/h1-9,11-20,22-26H,10,21H2. The second-order valence-electron chi connectivity index (χ2n) is 12.0. The Balaban J connectivity index is 1.37. The second kappa shape index (κ2) is 9.56. The summed E-state index contributed by atoms with van der Waals surface area (Å²) in [5, 5.41) is 6.53. The van der Waals surface area contributed by atoms with E-state index in [0.717, 1.165) is 12.8 Å². The summed E-state index contributed by atoms with van der Waals surface area (Å²) in [7, 11) is 0. The number of para-hydroxylation sites is 4. The number of hydrogen-bond donors (Lipinski definition) is 0. The Morgan fingerprint density at radius 1 is 0.533 bits per heavy atom. The Morgan fingerprint density at radius 3 is 2.04 bits per heavy atom. The molecule has 0 atom stereocenters. The smallest absolute Gasteiger partial charge is 0.0619 e. The van der Waals surface area contributed by atoms with Gasteiger partial charge < -0.3 is 9.13 Å². The van der Waals surface area contributed by atoms with Crippen LogP contribution in [0.15, 0.2) is 140 Å². The van der Waals surface area contributed by atoms with E-state index in [1.807, 2.05) is 11.3 Å². The van der Waals surface area contributed by atoms with Crippen molar-refractivity contribution in [3.63, 3.8) is 0 Å². The number of thiophene rings is 1. The number of rotatable bonds is 3. The number of fused-ring (bicyclic) bond motifs is 10. The molecule has 1 aliphatic rings. The maximum Gasteiger partial charge on any atom is 0.0619 e. The van der Waals surface area contributed by atoms with Gasteiger partial charge in [-0.25, -0.2) is 0 Å². The van der Waals surface area contributed by atoms with Crippen LogP contribution >= 0.6 is 11.3 Å². The third-order valence-corrected chi connectivity index (χ3v) is 10.8. The second-order valence-corrected chi connectivity index (χ2v) is 13.1. The Labute approximate surface area is 264 Å². The number of benzene rings is 6. The average molecular weight is 593 g/mol. The average Bonchev–Trinajstić information content (AvgIpc) is 3.76. The number of allylic oxidation sites excluding steroid dienone is 1. The summed E-state index contributed by atoms with van der Waals surface area (Å²) >= 11 is 1.96. The Kier molecular flexibility index (Phi) is 5.31. The lowest BCUT2D eigenvalue weighted by atomic mass is 9.97. The molecular weight excluding hydrogens is 565 g/mol. The molecule has 0 amide bonds. The molecule has 6 aromatic carbocycles. The van der Waals surface area contributed by atoms with Crippen molar-refractivity contribution in [3.8, 4) is 22.5 Å². The van der Waals surface area contributed by atoms with Crippen LogP contribution in [0.5, 0.6) is 0 Å². The molecule has 3 heteroatoms. The van der Waals surface area contributed by atoms with E-state index in [1.54, 1.807) is 0 Å². The fourth-order valence-electron chi connectivity index (χ4n) is 7.67. The summed E-state index contributed by atoms with van der Waals surface area (Å²) in [6.45, 7) is 0. The van der Waals surface area contributed by atoms with Crippen molar-refractivity contribution in [2.75, 3.05) is 0 Å². The van der Waals surface area contributed by atoms with Crippen molar-refractivity contribution in [2.45, 2.75) is 12.8 Å². The van der Waals surface area contributed by atoms with Crippen LogP contribution < -0.4 is 0 Å². The van der Waals surface area contributed by atoms with Gasteiger partial charge in [-0.15, -0.1) is 11.3 Å². The highest BCUT2D eigenvalue weighted by Gasteiger charge is 2.22. The molecule has 0 fully saturated rings. The van der Waals surface area contributed by atoms with Gasteiger partial charge >= 0.3 is 0 Å². The largest absolute Gasteiger partial charge is 0.309 e. The summed E-state index contributed by atoms with van der Waals surface area (Å²) in [4.78, 5) is 1.51. The SMILES string of the molecule is C1=Cc2c(sc3ccc(-c4cccc5c6c7c8ccccc8n(-c8ccccc8)c7ccc6n(-c6ccccc6)c45)cc23)CC1. The van der Waals surface area contributed by atoms with E-state index < -0.39 is 0 Å². The van der Waals surface area contributed by atoms with Gasteiger partial charge in [0.1, 0.15) is 0 Å². The minimum Gasteiger partial charge on any atom is -0.309 e. The normalized spacial score (nSPS) is 13.1. The van der Waals surface area contributed by atoms with Gasteiger partial charge in [0, 0.05) is 53.4 Å². The molecule has 45 heavy (non-hydrogen) atoms. The fourth-order valence-corrected chi connectivity index (χ4v) is 8.86. The Hall–Kier alpha value is -5.38. The molecule has 3 aromatic heterocycles. The number of aromatic nitrogens is 2. The monoisotopic (exact) mass is 592 g/mol. The highest BCUT2D eigenvalue weighted by Crippen LogP contribution is 2.45. The van der Waals surface area contributed by atoms with Crippen LogP contribution in [0.4, 0.5) is 0 Å². The van der Waals surface area contributed by atoms with Crippen LogP contribution in [0.1, 0.15) is 16.9 Å². The summed E-state index contributed by atoms with van der Waals surface area (Å²) in [6, 6.07) is 49.1. The van der Waals surface area contributed by atoms with Gasteiger partial charge in [-0.05, 0) is 78.6 Å². The third-order valence-electron chi connectivity index (χ3n) is 9.55. The van der Waals surface area contributed by atoms with E-state index >= 15 is 0 Å². The first-order valence-corrected chi connectivity index (χ1v) is 16.5. The highest BCUT2D eigenvalue weighted by molar-refractivity contribution is 7.19. The molecule has 0 spiro atoms. The number of aryl methyl sites for hydroxylation is 1. The zero-order chi connectivity index (χ0) is 29.5. The Morgan fingerprint density at radius 2 is 1.22 bits per heavy atom. The quantitative estimate of drug-likeness (QED) is 0.193. The first-order valence-electron chi connectivity index (χ1n) is 15.7. The molecule has 10 rings (SSSR count). The molecule has 0 saturated heterocycles. The predicted molar refractivity (Wildman–Crippen MR) is 193 cm³/mol. The van der Waals surface area contributed by atoms with Gasteiger partial charge in [-0.2, -0.15) is 0 Å². The molecule has 0 N–H and O–H groups in total. The van der Waals surface area contributed by atoms with Crippen LogP contribution in [0, 0.1) is 0 Å². The van der Waals surface area contributed by atoms with Gasteiger partial charge in [0.15, 0.2) is 0 Å². The van der Waals surface area contributed by atoms with Crippen molar-refractivity contribution in [1.29, 1.82) is 0 Å². The van der Waals surface area contributed by atoms with Gasteiger partial charge in [0.2, 0.25) is 0 Å². The van der Waals surface area contributed by atoms with E-state index in [-0.39, 0.29) is 0 Å². The molecule has 0 radical (unpaired) electrons. The molecule has 0 bridgehead atoms. The van der Waals surface area contributed by atoms with Crippen molar-refractivity contribution >= 4 is 71.1 Å². The zero-order valence-corrected chi connectivity index (χ0v) is 25.4. The molecular formula is C42H28N2S. The van der Waals surface area contributed by atoms with Crippen molar-refractivity contribution < 1.29 is 0 Å². The van der Waals surface area contributed by atoms with E-state index in [2.05, 4.69) is 155 Å². The van der Waals surface area contributed by atoms with E-state index in [1.165, 1.54) is 86.6 Å². The van der Waals surface area contributed by atoms with Crippen LogP contribution in [-0.4, -0.2) is 9.13 Å². The van der Waals surface area contributed by atoms with Crippen molar-refractivity contribution in [3.05, 3.63) is 150 Å². The van der Waals surface area contributed by atoms with Gasteiger partial charge in [-0.1, -0.05) is 91.0 Å². The molecule has 0 unspecified atom stereocenters. The van der Waals surface area contributed by atoms with Crippen LogP contribution in [0.3, 0.4) is 0 Å². The lowest BCUT2D eigenvalue weighted by Gasteiger charge is -2.12. The summed E-state index contributed by atoms with van der Waals surface area (Å²) in [5.74, 6) is 0. The van der Waals surface area contributed by atoms with Crippen LogP contribution in [0.2, 0.25) is 0 Å². The van der Waals surface area contributed by atoms with Crippen LogP contribution in [-0.2, 0) is 6.42 Å². The summed E-state index contributed by atoms with van der Waals surface area (Å²) in [5.41, 5.74) is 11.2. The van der Waals surface area contributed by atoms with E-state index in [9.17, 15) is 0 Å². The molecule has 212 valence electrons. The summed E-state index contributed by atoms with van der Waals surface area (Å²) in [6.07, 6.45) is 6.94. The molecule has 0 aliphatic heterocycles. The maximum atomic E-state index is 2.49. The molecule has 2 nitrogen and oxygen atoms in total. The minimum absolute atomic E-state index is 1.14. The predicted octanol–water partition coefficient (Wildman–Crippen LogP) is 11.7. The zero-order valence-electron chi connectivity index (χ0n) is 24.6. The van der Waals surface area contributed by atoms with Crippen molar-refractivity contribution in [1.82, 2.24) is 9.13 Å². The third kappa shape index (κ3) is 3.56. The molecule has 9 aromatic rings. The van der Waals surface area contributed by atoms with Gasteiger partial charge in [0.25, 0.3) is 0 Å². The van der Waals surface area contributed by atoms with Gasteiger partial charge in [-0.3, -0.25) is 0 Å². The first-order chi connectivity index (χ1) is 22.3. The molecule has 0 saturated carbocycles. The molecule has 1 aliphatic carbocycles. The number of nitrogens with zero attached hydrogens (tertiary/aromatic N) is 2. The van der Waals surface area contributed by atoms with Crippen molar-refractivity contribution in [2.24, 2.45) is 0 Å². The first kappa shape index (κ1) is 25.0. The number of hydrogen-bond acceptors (Lipinski definition) is 1. The van der Waals surface area contributed by atoms with Gasteiger partial charge in [0.05, 0.1) is 22.1 Å². The lowest BCUT2D eigenvalue weighted by molar-refractivity contribution is 1.02. The minimum atomic E-state index is 1.14. The van der Waals surface area contributed by atoms with E-state index in [0.29, 0.717) is 0 Å². The lowest BCUT2D eigenvalue weighted by Crippen LogP contribution is -1.95. The maximum absolute atomic E-state index is 2.49. The Bertz CT molecular complexity index is 2630. The molecule has 3 heterocycles. The van der Waals surface area contributed by atoms with Crippen LogP contribution in [0.25, 0.3) is 82.3 Å². The fraction of sp³-hybridized carbons (Fsp3) is 0.0476. The highest BCUT2D eigenvalue weighted by atomic mass is 32.1. The van der Waals surface area contributed by atoms with E-state index in [4.69, 9.17) is 0 Å².